The summed E-state index contributed by atoms with van der Waals surface area (Å²) in [6, 6.07) is 12.7. The van der Waals surface area contributed by atoms with Gasteiger partial charge in [0.15, 0.2) is 6.61 Å². The standard InChI is InChI=1S/C20H24N2O5S/c1-4-22(5-2)28(25,26)17-12-10-16(11-13-17)20(24)27-14-19(23)21-18-9-7-6-8-15(18)3/h6-13H,4-5,14H2,1-3H3,(H,21,23). The van der Waals surface area contributed by atoms with Crippen LogP contribution in [0.1, 0.15) is 29.8 Å². The van der Waals surface area contributed by atoms with Crippen molar-refractivity contribution in [3.8, 4) is 0 Å². The van der Waals surface area contributed by atoms with Crippen LogP contribution in [0.3, 0.4) is 0 Å². The van der Waals surface area contributed by atoms with Gasteiger partial charge in [0, 0.05) is 18.8 Å². The Balaban J connectivity index is 1.98. The highest BCUT2D eigenvalue weighted by atomic mass is 32.2. The first kappa shape index (κ1) is 21.6. The Morgan fingerprint density at radius 1 is 1.00 bits per heavy atom. The molecule has 8 heteroatoms. The zero-order valence-electron chi connectivity index (χ0n) is 16.1. The fraction of sp³-hybridized carbons (Fsp3) is 0.300. The zero-order valence-corrected chi connectivity index (χ0v) is 17.0. The van der Waals surface area contributed by atoms with E-state index in [2.05, 4.69) is 5.32 Å². The number of esters is 1. The van der Waals surface area contributed by atoms with Gasteiger partial charge in [-0.2, -0.15) is 4.31 Å². The molecule has 2 aromatic carbocycles. The highest BCUT2D eigenvalue weighted by Gasteiger charge is 2.22. The molecule has 1 amide bonds. The minimum absolute atomic E-state index is 0.102. The van der Waals surface area contributed by atoms with E-state index in [0.717, 1.165) is 5.56 Å². The van der Waals surface area contributed by atoms with Gasteiger partial charge in [-0.05, 0) is 42.8 Å². The SMILES string of the molecule is CCN(CC)S(=O)(=O)c1ccc(C(=O)OCC(=O)Nc2ccccc2C)cc1. The van der Waals surface area contributed by atoms with Gasteiger partial charge in [0.05, 0.1) is 10.5 Å². The lowest BCUT2D eigenvalue weighted by Gasteiger charge is -2.18. The molecule has 0 aliphatic rings. The number of amides is 1. The summed E-state index contributed by atoms with van der Waals surface area (Å²) in [5.74, 6) is -1.16. The molecule has 0 aliphatic carbocycles. The second-order valence-electron chi connectivity index (χ2n) is 6.05. The largest absolute Gasteiger partial charge is 0.452 e. The van der Waals surface area contributed by atoms with Crippen LogP contribution in [0.4, 0.5) is 5.69 Å². The number of carbonyl (C=O) groups excluding carboxylic acids is 2. The van der Waals surface area contributed by atoms with Crippen molar-refractivity contribution in [3.05, 3.63) is 59.7 Å². The summed E-state index contributed by atoms with van der Waals surface area (Å²) in [5.41, 5.74) is 1.71. The zero-order chi connectivity index (χ0) is 20.7. The molecular formula is C20H24N2O5S. The number of carbonyl (C=O) groups is 2. The Labute approximate surface area is 165 Å². The van der Waals surface area contributed by atoms with E-state index in [0.29, 0.717) is 18.8 Å². The van der Waals surface area contributed by atoms with Crippen molar-refractivity contribution in [3.63, 3.8) is 0 Å². The molecule has 0 unspecified atom stereocenters. The van der Waals surface area contributed by atoms with Crippen LogP contribution in [0.5, 0.6) is 0 Å². The number of benzene rings is 2. The van der Waals surface area contributed by atoms with Crippen molar-refractivity contribution < 1.29 is 22.7 Å². The molecule has 0 saturated carbocycles. The van der Waals surface area contributed by atoms with Crippen LogP contribution < -0.4 is 5.32 Å². The molecule has 2 rings (SSSR count). The maximum absolute atomic E-state index is 12.4. The maximum Gasteiger partial charge on any atom is 0.338 e. The minimum Gasteiger partial charge on any atom is -0.452 e. The van der Waals surface area contributed by atoms with Crippen LogP contribution in [0.25, 0.3) is 0 Å². The second-order valence-corrected chi connectivity index (χ2v) is 7.99. The van der Waals surface area contributed by atoms with Crippen molar-refractivity contribution in [2.24, 2.45) is 0 Å². The molecular weight excluding hydrogens is 380 g/mol. The molecule has 7 nitrogen and oxygen atoms in total. The van der Waals surface area contributed by atoms with Gasteiger partial charge >= 0.3 is 5.97 Å². The Morgan fingerprint density at radius 3 is 2.18 bits per heavy atom. The van der Waals surface area contributed by atoms with Gasteiger partial charge < -0.3 is 10.1 Å². The normalized spacial score (nSPS) is 11.3. The number of hydrogen-bond donors (Lipinski definition) is 1. The Kier molecular flexibility index (Phi) is 7.31. The highest BCUT2D eigenvalue weighted by Crippen LogP contribution is 2.17. The molecule has 0 atom stereocenters. The van der Waals surface area contributed by atoms with Crippen LogP contribution >= 0.6 is 0 Å². The summed E-state index contributed by atoms with van der Waals surface area (Å²) < 4.78 is 31.2. The lowest BCUT2D eigenvalue weighted by molar-refractivity contribution is -0.119. The first-order chi connectivity index (χ1) is 13.3. The van der Waals surface area contributed by atoms with Crippen molar-refractivity contribution in [2.45, 2.75) is 25.7 Å². The number of nitrogens with one attached hydrogen (secondary N) is 1. The van der Waals surface area contributed by atoms with E-state index in [1.807, 2.05) is 19.1 Å². The van der Waals surface area contributed by atoms with E-state index in [1.165, 1.54) is 28.6 Å². The van der Waals surface area contributed by atoms with Gasteiger partial charge in [-0.3, -0.25) is 4.79 Å². The first-order valence-electron chi connectivity index (χ1n) is 8.92. The number of aryl methyl sites for hydroxylation is 1. The number of nitrogens with zero attached hydrogens (tertiary/aromatic N) is 1. The second kappa shape index (κ2) is 9.48. The van der Waals surface area contributed by atoms with E-state index < -0.39 is 28.5 Å². The molecule has 0 saturated heterocycles. The predicted octanol–water partition coefficient (Wildman–Crippen LogP) is 2.82. The molecule has 0 heterocycles. The van der Waals surface area contributed by atoms with Crippen LogP contribution in [0.15, 0.2) is 53.4 Å². The number of rotatable bonds is 8. The van der Waals surface area contributed by atoms with E-state index in [1.54, 1.807) is 26.0 Å². The summed E-state index contributed by atoms with van der Waals surface area (Å²) in [6.45, 7) is 5.66. The monoisotopic (exact) mass is 404 g/mol. The Hall–Kier alpha value is -2.71. The van der Waals surface area contributed by atoms with Crippen LogP contribution in [-0.4, -0.2) is 44.3 Å². The van der Waals surface area contributed by atoms with Crippen molar-refractivity contribution in [1.82, 2.24) is 4.31 Å². The number of hydrogen-bond acceptors (Lipinski definition) is 5. The van der Waals surface area contributed by atoms with Crippen LogP contribution in [-0.2, 0) is 19.6 Å². The quantitative estimate of drug-likeness (QED) is 0.683. The van der Waals surface area contributed by atoms with Crippen LogP contribution in [0, 0.1) is 6.92 Å². The first-order valence-corrected chi connectivity index (χ1v) is 10.4. The highest BCUT2D eigenvalue weighted by molar-refractivity contribution is 7.89. The lowest BCUT2D eigenvalue weighted by Crippen LogP contribution is -2.30. The molecule has 0 aromatic heterocycles. The average Bonchev–Trinajstić information content (AvgIpc) is 2.68. The summed E-state index contributed by atoms with van der Waals surface area (Å²) >= 11 is 0. The van der Waals surface area contributed by atoms with E-state index in [9.17, 15) is 18.0 Å². The predicted molar refractivity (Wildman–Crippen MR) is 107 cm³/mol. The number of sulfonamides is 1. The number of anilines is 1. The fourth-order valence-electron chi connectivity index (χ4n) is 2.59. The summed E-state index contributed by atoms with van der Waals surface area (Å²) in [6.07, 6.45) is 0. The van der Waals surface area contributed by atoms with Crippen molar-refractivity contribution in [1.29, 1.82) is 0 Å². The molecule has 0 spiro atoms. The molecule has 0 aliphatic heterocycles. The summed E-state index contributed by atoms with van der Waals surface area (Å²) in [5, 5.41) is 2.67. The summed E-state index contributed by atoms with van der Waals surface area (Å²) in [4.78, 5) is 24.2. The molecule has 1 N–H and O–H groups in total. The smallest absolute Gasteiger partial charge is 0.338 e. The van der Waals surface area contributed by atoms with Gasteiger partial charge in [-0.15, -0.1) is 0 Å². The number of para-hydroxylation sites is 1. The topological polar surface area (TPSA) is 92.8 Å². The minimum atomic E-state index is -3.59. The molecule has 150 valence electrons. The van der Waals surface area contributed by atoms with Gasteiger partial charge in [0.25, 0.3) is 5.91 Å². The van der Waals surface area contributed by atoms with Gasteiger partial charge in [0.1, 0.15) is 0 Å². The Bertz CT molecular complexity index is 935. The molecule has 2 aromatic rings. The van der Waals surface area contributed by atoms with Gasteiger partial charge in [-0.25, -0.2) is 13.2 Å². The molecule has 0 bridgehead atoms. The third-order valence-electron chi connectivity index (χ3n) is 4.19. The fourth-order valence-corrected chi connectivity index (χ4v) is 4.05. The maximum atomic E-state index is 12.4. The molecule has 0 radical (unpaired) electrons. The lowest BCUT2D eigenvalue weighted by atomic mass is 10.2. The van der Waals surface area contributed by atoms with E-state index >= 15 is 0 Å². The third kappa shape index (κ3) is 5.17. The third-order valence-corrected chi connectivity index (χ3v) is 6.25. The van der Waals surface area contributed by atoms with E-state index in [-0.39, 0.29) is 10.5 Å². The molecule has 0 fully saturated rings. The van der Waals surface area contributed by atoms with Gasteiger partial charge in [0.2, 0.25) is 10.0 Å². The van der Waals surface area contributed by atoms with Crippen molar-refractivity contribution >= 4 is 27.6 Å². The van der Waals surface area contributed by atoms with Crippen molar-refractivity contribution in [2.75, 3.05) is 25.0 Å². The Morgan fingerprint density at radius 2 is 1.61 bits per heavy atom. The van der Waals surface area contributed by atoms with Gasteiger partial charge in [-0.1, -0.05) is 32.0 Å². The summed E-state index contributed by atoms with van der Waals surface area (Å²) in [7, 11) is -3.59. The van der Waals surface area contributed by atoms with E-state index in [4.69, 9.17) is 4.74 Å². The van der Waals surface area contributed by atoms with Crippen LogP contribution in [0.2, 0.25) is 0 Å². The average molecular weight is 404 g/mol. The molecule has 28 heavy (non-hydrogen) atoms. The number of ether oxygens (including phenoxy) is 1.